The SMILES string of the molecule is COC(=O)c1ccc(NCCCN)nn1. The van der Waals surface area contributed by atoms with Gasteiger partial charge in [-0.1, -0.05) is 0 Å². The molecule has 0 atom stereocenters. The van der Waals surface area contributed by atoms with E-state index in [-0.39, 0.29) is 5.69 Å². The van der Waals surface area contributed by atoms with E-state index >= 15 is 0 Å². The van der Waals surface area contributed by atoms with Crippen molar-refractivity contribution in [2.75, 3.05) is 25.5 Å². The van der Waals surface area contributed by atoms with Crippen molar-refractivity contribution in [2.24, 2.45) is 5.73 Å². The maximum Gasteiger partial charge on any atom is 0.358 e. The summed E-state index contributed by atoms with van der Waals surface area (Å²) in [5, 5.41) is 10.6. The number of nitrogens with two attached hydrogens (primary N) is 1. The van der Waals surface area contributed by atoms with Crippen molar-refractivity contribution >= 4 is 11.8 Å². The highest BCUT2D eigenvalue weighted by atomic mass is 16.5. The van der Waals surface area contributed by atoms with E-state index in [4.69, 9.17) is 5.73 Å². The smallest absolute Gasteiger partial charge is 0.358 e. The lowest BCUT2D eigenvalue weighted by Gasteiger charge is -2.03. The maximum absolute atomic E-state index is 11.0. The molecule has 0 aliphatic carbocycles. The molecular weight excluding hydrogens is 196 g/mol. The third-order valence-electron chi connectivity index (χ3n) is 1.75. The minimum absolute atomic E-state index is 0.196. The lowest BCUT2D eigenvalue weighted by Crippen LogP contribution is -2.11. The molecule has 1 rings (SSSR count). The van der Waals surface area contributed by atoms with Crippen LogP contribution in [0.25, 0.3) is 0 Å². The van der Waals surface area contributed by atoms with Gasteiger partial charge in [-0.2, -0.15) is 0 Å². The number of nitrogens with one attached hydrogen (secondary N) is 1. The van der Waals surface area contributed by atoms with E-state index in [0.717, 1.165) is 13.0 Å². The first-order valence-electron chi connectivity index (χ1n) is 4.64. The minimum Gasteiger partial charge on any atom is -0.464 e. The lowest BCUT2D eigenvalue weighted by atomic mass is 10.4. The van der Waals surface area contributed by atoms with Gasteiger partial charge in [-0.3, -0.25) is 0 Å². The molecule has 15 heavy (non-hydrogen) atoms. The molecule has 0 unspecified atom stereocenters. The molecule has 0 fully saturated rings. The molecule has 0 spiro atoms. The monoisotopic (exact) mass is 210 g/mol. The fourth-order valence-corrected chi connectivity index (χ4v) is 0.959. The van der Waals surface area contributed by atoms with Crippen molar-refractivity contribution < 1.29 is 9.53 Å². The summed E-state index contributed by atoms with van der Waals surface area (Å²) in [5.41, 5.74) is 5.53. The van der Waals surface area contributed by atoms with E-state index in [1.807, 2.05) is 0 Å². The van der Waals surface area contributed by atoms with E-state index in [1.165, 1.54) is 7.11 Å². The molecule has 6 nitrogen and oxygen atoms in total. The number of hydrogen-bond acceptors (Lipinski definition) is 6. The number of methoxy groups -OCH3 is 1. The molecule has 82 valence electrons. The number of esters is 1. The predicted molar refractivity (Wildman–Crippen MR) is 55.5 cm³/mol. The summed E-state index contributed by atoms with van der Waals surface area (Å²) in [6.45, 7) is 1.36. The highest BCUT2D eigenvalue weighted by Gasteiger charge is 2.06. The summed E-state index contributed by atoms with van der Waals surface area (Å²) >= 11 is 0. The zero-order valence-corrected chi connectivity index (χ0v) is 8.56. The summed E-state index contributed by atoms with van der Waals surface area (Å²) in [5.74, 6) is 0.132. The summed E-state index contributed by atoms with van der Waals surface area (Å²) in [7, 11) is 1.30. The van der Waals surface area contributed by atoms with Gasteiger partial charge >= 0.3 is 5.97 Å². The van der Waals surface area contributed by atoms with Gasteiger partial charge in [-0.15, -0.1) is 10.2 Å². The Morgan fingerprint density at radius 2 is 2.33 bits per heavy atom. The Hall–Kier alpha value is -1.69. The van der Waals surface area contributed by atoms with E-state index in [0.29, 0.717) is 12.4 Å². The Morgan fingerprint density at radius 1 is 1.53 bits per heavy atom. The number of anilines is 1. The molecule has 0 radical (unpaired) electrons. The van der Waals surface area contributed by atoms with Crippen LogP contribution in [-0.2, 0) is 4.74 Å². The Bertz CT molecular complexity index is 312. The van der Waals surface area contributed by atoms with Crippen LogP contribution in [0.15, 0.2) is 12.1 Å². The Morgan fingerprint density at radius 3 is 2.87 bits per heavy atom. The van der Waals surface area contributed by atoms with Crippen molar-refractivity contribution in [3.63, 3.8) is 0 Å². The molecule has 1 aromatic heterocycles. The number of rotatable bonds is 5. The lowest BCUT2D eigenvalue weighted by molar-refractivity contribution is 0.0593. The summed E-state index contributed by atoms with van der Waals surface area (Å²) in [6.07, 6.45) is 0.862. The van der Waals surface area contributed by atoms with Crippen molar-refractivity contribution in [3.8, 4) is 0 Å². The van der Waals surface area contributed by atoms with Crippen molar-refractivity contribution in [1.29, 1.82) is 0 Å². The summed E-state index contributed by atoms with van der Waals surface area (Å²) in [4.78, 5) is 11.0. The molecule has 0 bridgehead atoms. The van der Waals surface area contributed by atoms with Crippen molar-refractivity contribution in [2.45, 2.75) is 6.42 Å². The van der Waals surface area contributed by atoms with Gasteiger partial charge in [0.15, 0.2) is 5.69 Å². The van der Waals surface area contributed by atoms with Crippen LogP contribution in [0.5, 0.6) is 0 Å². The fourth-order valence-electron chi connectivity index (χ4n) is 0.959. The zero-order chi connectivity index (χ0) is 11.1. The number of ether oxygens (including phenoxy) is 1. The van der Waals surface area contributed by atoms with E-state index in [2.05, 4.69) is 20.3 Å². The average Bonchev–Trinajstić information content (AvgIpc) is 2.29. The quantitative estimate of drug-likeness (QED) is 0.526. The molecule has 0 aliphatic rings. The topological polar surface area (TPSA) is 90.1 Å². The van der Waals surface area contributed by atoms with Gasteiger partial charge in [-0.25, -0.2) is 4.79 Å². The van der Waals surface area contributed by atoms with Crippen LogP contribution in [0.2, 0.25) is 0 Å². The number of nitrogens with zero attached hydrogens (tertiary/aromatic N) is 2. The van der Waals surface area contributed by atoms with Crippen LogP contribution in [-0.4, -0.2) is 36.4 Å². The molecule has 0 aliphatic heterocycles. The van der Waals surface area contributed by atoms with Gasteiger partial charge < -0.3 is 15.8 Å². The molecule has 1 aromatic rings. The molecule has 3 N–H and O–H groups in total. The van der Waals surface area contributed by atoms with E-state index in [1.54, 1.807) is 12.1 Å². The first-order valence-corrected chi connectivity index (χ1v) is 4.64. The van der Waals surface area contributed by atoms with Crippen molar-refractivity contribution in [3.05, 3.63) is 17.8 Å². The van der Waals surface area contributed by atoms with Crippen molar-refractivity contribution in [1.82, 2.24) is 10.2 Å². The highest BCUT2D eigenvalue weighted by molar-refractivity contribution is 5.86. The third-order valence-corrected chi connectivity index (χ3v) is 1.75. The van der Waals surface area contributed by atoms with Gasteiger partial charge in [0.05, 0.1) is 7.11 Å². The normalized spacial score (nSPS) is 9.73. The largest absolute Gasteiger partial charge is 0.464 e. The Labute approximate surface area is 87.8 Å². The van der Waals surface area contributed by atoms with Crippen LogP contribution in [0, 0.1) is 0 Å². The van der Waals surface area contributed by atoms with Gasteiger partial charge in [-0.05, 0) is 25.1 Å². The summed E-state index contributed by atoms with van der Waals surface area (Å²) < 4.78 is 4.50. The van der Waals surface area contributed by atoms with E-state index in [9.17, 15) is 4.79 Å². The van der Waals surface area contributed by atoms with Crippen LogP contribution in [0.4, 0.5) is 5.82 Å². The first kappa shape index (κ1) is 11.4. The van der Waals surface area contributed by atoms with Crippen LogP contribution >= 0.6 is 0 Å². The van der Waals surface area contributed by atoms with E-state index < -0.39 is 5.97 Å². The first-order chi connectivity index (χ1) is 7.27. The molecule has 0 saturated carbocycles. The number of aromatic nitrogens is 2. The molecule has 0 aromatic carbocycles. The summed E-state index contributed by atoms with van der Waals surface area (Å²) in [6, 6.07) is 3.24. The Kier molecular flexibility index (Phi) is 4.49. The van der Waals surface area contributed by atoms with Gasteiger partial charge in [0.1, 0.15) is 5.82 Å². The molecule has 1 heterocycles. The average molecular weight is 210 g/mol. The molecule has 0 amide bonds. The molecule has 6 heteroatoms. The van der Waals surface area contributed by atoms with Gasteiger partial charge in [0.25, 0.3) is 0 Å². The van der Waals surface area contributed by atoms with Crippen LogP contribution in [0.3, 0.4) is 0 Å². The predicted octanol–water partition coefficient (Wildman–Crippen LogP) is 0.0239. The van der Waals surface area contributed by atoms with Gasteiger partial charge in [0.2, 0.25) is 0 Å². The van der Waals surface area contributed by atoms with Crippen LogP contribution in [0.1, 0.15) is 16.9 Å². The number of hydrogen-bond donors (Lipinski definition) is 2. The molecular formula is C9H14N4O2. The molecule has 0 saturated heterocycles. The third kappa shape index (κ3) is 3.51. The maximum atomic E-state index is 11.0. The fraction of sp³-hybridized carbons (Fsp3) is 0.444. The minimum atomic E-state index is -0.490. The second-order valence-electron chi connectivity index (χ2n) is 2.86. The standard InChI is InChI=1S/C9H14N4O2/c1-15-9(14)7-3-4-8(13-12-7)11-6-2-5-10/h3-4H,2,5-6,10H2,1H3,(H,11,13). The van der Waals surface area contributed by atoms with Gasteiger partial charge in [0, 0.05) is 6.54 Å². The second-order valence-corrected chi connectivity index (χ2v) is 2.86. The number of carbonyl (C=O) groups excluding carboxylic acids is 1. The van der Waals surface area contributed by atoms with Crippen LogP contribution < -0.4 is 11.1 Å². The highest BCUT2D eigenvalue weighted by Crippen LogP contribution is 2.02. The Balaban J connectivity index is 2.52. The second kappa shape index (κ2) is 5.92. The zero-order valence-electron chi connectivity index (χ0n) is 8.56. The number of carbonyl (C=O) groups is 1.